The molecule has 0 unspecified atom stereocenters. The Labute approximate surface area is 164 Å². The summed E-state index contributed by atoms with van der Waals surface area (Å²) in [6.07, 6.45) is 2.52. The van der Waals surface area contributed by atoms with E-state index >= 15 is 0 Å². The van der Waals surface area contributed by atoms with Crippen molar-refractivity contribution >= 4 is 11.5 Å². The third-order valence-corrected chi connectivity index (χ3v) is 4.47. The van der Waals surface area contributed by atoms with E-state index in [0.29, 0.717) is 23.6 Å². The van der Waals surface area contributed by atoms with E-state index in [1.807, 2.05) is 12.1 Å². The number of nitrogen functional groups attached to an aromatic ring is 1. The molecule has 0 aliphatic carbocycles. The summed E-state index contributed by atoms with van der Waals surface area (Å²) >= 11 is 0. The summed E-state index contributed by atoms with van der Waals surface area (Å²) in [6, 6.07) is 18.8. The Morgan fingerprint density at radius 3 is 2.39 bits per heavy atom. The van der Waals surface area contributed by atoms with Gasteiger partial charge in [0.1, 0.15) is 17.2 Å². The van der Waals surface area contributed by atoms with Crippen LogP contribution >= 0.6 is 0 Å². The van der Waals surface area contributed by atoms with Crippen LogP contribution in [0, 0.1) is 0 Å². The van der Waals surface area contributed by atoms with Gasteiger partial charge in [-0.05, 0) is 49.1 Å². The van der Waals surface area contributed by atoms with Crippen LogP contribution in [0.5, 0.6) is 17.2 Å². The minimum Gasteiger partial charge on any atom is -0.507 e. The lowest BCUT2D eigenvalue weighted by atomic mass is 10.0. The first-order chi connectivity index (χ1) is 13.5. The van der Waals surface area contributed by atoms with E-state index in [2.05, 4.69) is 0 Å². The fraction of sp³-hybridized carbons (Fsp3) is 0.174. The topological polar surface area (TPSA) is 92.8 Å². The Morgan fingerprint density at radius 1 is 0.893 bits per heavy atom. The molecule has 28 heavy (non-hydrogen) atoms. The van der Waals surface area contributed by atoms with Gasteiger partial charge >= 0.3 is 0 Å². The highest BCUT2D eigenvalue weighted by atomic mass is 16.5. The minimum atomic E-state index is -0.226. The van der Waals surface area contributed by atoms with Gasteiger partial charge in [0, 0.05) is 11.6 Å². The molecule has 0 bridgehead atoms. The van der Waals surface area contributed by atoms with Crippen LogP contribution in [0.1, 0.15) is 34.3 Å². The van der Waals surface area contributed by atoms with Crippen molar-refractivity contribution in [1.29, 1.82) is 0 Å². The molecule has 3 aromatic carbocycles. The first kappa shape index (κ1) is 19.3. The number of rotatable bonds is 8. The largest absolute Gasteiger partial charge is 0.507 e. The monoisotopic (exact) mass is 377 g/mol. The lowest BCUT2D eigenvalue weighted by Crippen LogP contribution is -2.03. The Morgan fingerprint density at radius 2 is 1.68 bits per heavy atom. The molecule has 0 spiro atoms. The van der Waals surface area contributed by atoms with Gasteiger partial charge in [0.25, 0.3) is 0 Å². The number of hydrogen-bond acceptors (Lipinski definition) is 5. The van der Waals surface area contributed by atoms with Crippen LogP contribution in [0.15, 0.2) is 66.7 Å². The van der Waals surface area contributed by atoms with Crippen LogP contribution in [0.25, 0.3) is 0 Å². The van der Waals surface area contributed by atoms with Gasteiger partial charge in [-0.1, -0.05) is 36.4 Å². The maximum Gasteiger partial charge on any atom is 0.196 e. The summed E-state index contributed by atoms with van der Waals surface area (Å²) in [6.45, 7) is 0.492. The number of benzene rings is 3. The SMILES string of the molecule is Nc1ccc(CCCCOc2ccc(C(=O)c3ccccc3)c(O)c2)cc1O. The summed E-state index contributed by atoms with van der Waals surface area (Å²) in [5, 5.41) is 19.8. The van der Waals surface area contributed by atoms with E-state index in [-0.39, 0.29) is 22.8 Å². The van der Waals surface area contributed by atoms with Crippen molar-refractivity contribution in [3.05, 3.63) is 83.4 Å². The fourth-order valence-corrected chi connectivity index (χ4v) is 2.90. The highest BCUT2D eigenvalue weighted by Gasteiger charge is 2.14. The molecule has 5 nitrogen and oxygen atoms in total. The van der Waals surface area contributed by atoms with Gasteiger partial charge in [0.2, 0.25) is 0 Å². The number of ether oxygens (including phenoxy) is 1. The summed E-state index contributed by atoms with van der Waals surface area (Å²) in [5.74, 6) is 0.307. The standard InChI is InChI=1S/C23H23NO4/c24-20-12-9-16(14-22(20)26)6-4-5-13-28-18-10-11-19(21(25)15-18)23(27)17-7-2-1-3-8-17/h1-3,7-12,14-15,25-26H,4-6,13,24H2. The third kappa shape index (κ3) is 4.82. The number of carbonyl (C=O) groups is 1. The van der Waals surface area contributed by atoms with E-state index < -0.39 is 0 Å². The second kappa shape index (κ2) is 8.95. The van der Waals surface area contributed by atoms with Crippen molar-refractivity contribution in [2.75, 3.05) is 12.3 Å². The number of ketones is 1. The minimum absolute atomic E-state index is 0.0938. The van der Waals surface area contributed by atoms with Crippen LogP contribution < -0.4 is 10.5 Å². The molecule has 144 valence electrons. The van der Waals surface area contributed by atoms with Crippen molar-refractivity contribution in [3.63, 3.8) is 0 Å². The zero-order valence-corrected chi connectivity index (χ0v) is 15.5. The smallest absolute Gasteiger partial charge is 0.196 e. The van der Waals surface area contributed by atoms with Gasteiger partial charge < -0.3 is 20.7 Å². The molecular weight excluding hydrogens is 354 g/mol. The lowest BCUT2D eigenvalue weighted by Gasteiger charge is -2.09. The number of carbonyl (C=O) groups excluding carboxylic acids is 1. The zero-order chi connectivity index (χ0) is 19.9. The maximum atomic E-state index is 12.4. The van der Waals surface area contributed by atoms with Gasteiger partial charge in [-0.25, -0.2) is 0 Å². The summed E-state index contributed by atoms with van der Waals surface area (Å²) in [7, 11) is 0. The number of aromatic hydroxyl groups is 2. The van der Waals surface area contributed by atoms with Crippen molar-refractivity contribution in [2.45, 2.75) is 19.3 Å². The van der Waals surface area contributed by atoms with Crippen LogP contribution in [0.2, 0.25) is 0 Å². The van der Waals surface area contributed by atoms with Gasteiger partial charge in [-0.15, -0.1) is 0 Å². The van der Waals surface area contributed by atoms with Crippen molar-refractivity contribution < 1.29 is 19.7 Å². The average Bonchev–Trinajstić information content (AvgIpc) is 2.70. The van der Waals surface area contributed by atoms with Gasteiger partial charge in [0.15, 0.2) is 5.78 Å². The van der Waals surface area contributed by atoms with Gasteiger partial charge in [0.05, 0.1) is 17.9 Å². The van der Waals surface area contributed by atoms with Crippen molar-refractivity contribution in [1.82, 2.24) is 0 Å². The van der Waals surface area contributed by atoms with Crippen molar-refractivity contribution in [2.24, 2.45) is 0 Å². The van der Waals surface area contributed by atoms with E-state index in [9.17, 15) is 15.0 Å². The normalized spacial score (nSPS) is 10.6. The Kier molecular flexibility index (Phi) is 6.17. The molecule has 0 aliphatic heterocycles. The first-order valence-electron chi connectivity index (χ1n) is 9.17. The molecule has 0 radical (unpaired) electrons. The molecule has 3 aromatic rings. The first-order valence-corrected chi connectivity index (χ1v) is 9.17. The molecule has 0 aliphatic rings. The number of unbranched alkanes of at least 4 members (excludes halogenated alkanes) is 1. The van der Waals surface area contributed by atoms with Crippen LogP contribution in [-0.4, -0.2) is 22.6 Å². The predicted octanol–water partition coefficient (Wildman–Crippen LogP) is 4.31. The van der Waals surface area contributed by atoms with E-state index in [1.54, 1.807) is 48.5 Å². The molecule has 5 heteroatoms. The molecule has 4 N–H and O–H groups in total. The fourth-order valence-electron chi connectivity index (χ4n) is 2.90. The summed E-state index contributed by atoms with van der Waals surface area (Å²) < 4.78 is 5.67. The molecule has 0 saturated heterocycles. The Bertz CT molecular complexity index is 954. The zero-order valence-electron chi connectivity index (χ0n) is 15.5. The Balaban J connectivity index is 1.49. The van der Waals surface area contributed by atoms with Gasteiger partial charge in [-0.3, -0.25) is 4.79 Å². The molecule has 0 amide bonds. The molecule has 0 saturated carbocycles. The number of phenols is 2. The number of anilines is 1. The molecule has 0 aromatic heterocycles. The van der Waals surface area contributed by atoms with Crippen molar-refractivity contribution in [3.8, 4) is 17.2 Å². The second-order valence-electron chi connectivity index (χ2n) is 6.57. The summed E-state index contributed by atoms with van der Waals surface area (Å²) in [4.78, 5) is 12.4. The van der Waals surface area contributed by atoms with Crippen LogP contribution in [0.4, 0.5) is 5.69 Å². The Hall–Kier alpha value is -3.47. The predicted molar refractivity (Wildman–Crippen MR) is 109 cm³/mol. The highest BCUT2D eigenvalue weighted by Crippen LogP contribution is 2.26. The van der Waals surface area contributed by atoms with Crippen LogP contribution in [-0.2, 0) is 6.42 Å². The maximum absolute atomic E-state index is 12.4. The third-order valence-electron chi connectivity index (χ3n) is 4.47. The molecular formula is C23H23NO4. The molecule has 3 rings (SSSR count). The van der Waals surface area contributed by atoms with E-state index in [4.69, 9.17) is 10.5 Å². The number of nitrogens with two attached hydrogens (primary N) is 1. The van der Waals surface area contributed by atoms with E-state index in [0.717, 1.165) is 24.8 Å². The molecule has 0 atom stereocenters. The highest BCUT2D eigenvalue weighted by molar-refractivity contribution is 6.10. The lowest BCUT2D eigenvalue weighted by molar-refractivity contribution is 0.103. The number of aryl methyl sites for hydroxylation is 1. The van der Waals surface area contributed by atoms with E-state index in [1.165, 1.54) is 6.07 Å². The van der Waals surface area contributed by atoms with Gasteiger partial charge in [-0.2, -0.15) is 0 Å². The number of hydrogen-bond donors (Lipinski definition) is 3. The summed E-state index contributed by atoms with van der Waals surface area (Å²) in [5.41, 5.74) is 7.77. The molecule has 0 fully saturated rings. The average molecular weight is 377 g/mol. The second-order valence-corrected chi connectivity index (χ2v) is 6.57. The quantitative estimate of drug-likeness (QED) is 0.235. The van der Waals surface area contributed by atoms with Crippen LogP contribution in [0.3, 0.4) is 0 Å². The molecule has 0 heterocycles. The number of phenolic OH excluding ortho intramolecular Hbond substituents is 2.